The van der Waals surface area contributed by atoms with Crippen LogP contribution in [-0.2, 0) is 9.59 Å². The third kappa shape index (κ3) is 3.58. The Morgan fingerprint density at radius 1 is 1.38 bits per heavy atom. The minimum Gasteiger partial charge on any atom is -0.481 e. The van der Waals surface area contributed by atoms with Crippen molar-refractivity contribution in [2.75, 3.05) is 5.32 Å². The molecule has 2 rings (SSSR count). The van der Waals surface area contributed by atoms with Crippen LogP contribution in [0, 0.1) is 17.8 Å². The number of anilines is 1. The first-order valence-corrected chi connectivity index (χ1v) is 8.08. The summed E-state index contributed by atoms with van der Waals surface area (Å²) in [5.41, 5.74) is 0.566. The summed E-state index contributed by atoms with van der Waals surface area (Å²) in [6.45, 7) is 2.03. The second kappa shape index (κ2) is 6.79. The molecular weight excluding hydrogens is 358 g/mol. The summed E-state index contributed by atoms with van der Waals surface area (Å²) in [6, 6.07) is 5.18. The number of carbonyl (C=O) groups excluding carboxylic acids is 1. The van der Waals surface area contributed by atoms with Gasteiger partial charge in [-0.3, -0.25) is 9.59 Å². The van der Waals surface area contributed by atoms with Crippen LogP contribution in [0.5, 0.6) is 0 Å². The Balaban J connectivity index is 2.15. The Bertz CT molecular complexity index is 564. The van der Waals surface area contributed by atoms with Crippen LogP contribution in [0.2, 0.25) is 5.02 Å². The van der Waals surface area contributed by atoms with Crippen molar-refractivity contribution in [2.24, 2.45) is 17.8 Å². The van der Waals surface area contributed by atoms with Gasteiger partial charge in [0.2, 0.25) is 5.91 Å². The Hall–Kier alpha value is -1.07. The second-order valence-electron chi connectivity index (χ2n) is 5.39. The summed E-state index contributed by atoms with van der Waals surface area (Å²) in [4.78, 5) is 23.8. The molecule has 0 aromatic heterocycles. The molecule has 1 unspecified atom stereocenters. The molecule has 3 atom stereocenters. The van der Waals surface area contributed by atoms with Gasteiger partial charge in [0.1, 0.15) is 0 Å². The molecule has 1 aliphatic carbocycles. The van der Waals surface area contributed by atoms with E-state index in [0.29, 0.717) is 33.9 Å². The highest BCUT2D eigenvalue weighted by Crippen LogP contribution is 2.39. The summed E-state index contributed by atoms with van der Waals surface area (Å²) in [7, 11) is 0. The van der Waals surface area contributed by atoms with E-state index >= 15 is 0 Å². The molecule has 1 saturated carbocycles. The lowest BCUT2D eigenvalue weighted by atomic mass is 9.95. The van der Waals surface area contributed by atoms with Crippen LogP contribution < -0.4 is 5.32 Å². The number of carboxylic acids is 1. The van der Waals surface area contributed by atoms with Crippen molar-refractivity contribution >= 4 is 45.1 Å². The van der Waals surface area contributed by atoms with E-state index in [9.17, 15) is 14.7 Å². The molecule has 0 bridgehead atoms. The summed E-state index contributed by atoms with van der Waals surface area (Å²) < 4.78 is 0.608. The molecule has 0 heterocycles. The van der Waals surface area contributed by atoms with Gasteiger partial charge in [0, 0.05) is 0 Å². The zero-order chi connectivity index (χ0) is 15.6. The van der Waals surface area contributed by atoms with Gasteiger partial charge >= 0.3 is 5.97 Å². The van der Waals surface area contributed by atoms with Crippen LogP contribution in [0.1, 0.15) is 26.2 Å². The van der Waals surface area contributed by atoms with E-state index in [1.54, 1.807) is 18.2 Å². The van der Waals surface area contributed by atoms with Gasteiger partial charge in [-0.25, -0.2) is 0 Å². The summed E-state index contributed by atoms with van der Waals surface area (Å²) >= 11 is 9.31. The van der Waals surface area contributed by atoms with E-state index in [1.165, 1.54) is 0 Å². The van der Waals surface area contributed by atoms with Gasteiger partial charge in [-0.2, -0.15) is 0 Å². The zero-order valence-corrected chi connectivity index (χ0v) is 13.9. The minimum atomic E-state index is -0.892. The Kier molecular flexibility index (Phi) is 5.27. The smallest absolute Gasteiger partial charge is 0.307 e. The van der Waals surface area contributed by atoms with Crippen molar-refractivity contribution in [3.63, 3.8) is 0 Å². The lowest BCUT2D eigenvalue weighted by Crippen LogP contribution is -2.30. The summed E-state index contributed by atoms with van der Waals surface area (Å²) in [6.07, 6.45) is 2.09. The number of nitrogens with one attached hydrogen (secondary N) is 1. The van der Waals surface area contributed by atoms with Gasteiger partial charge in [0.05, 0.1) is 27.0 Å². The topological polar surface area (TPSA) is 66.4 Å². The highest BCUT2D eigenvalue weighted by molar-refractivity contribution is 9.10. The average molecular weight is 375 g/mol. The molecule has 0 radical (unpaired) electrons. The maximum absolute atomic E-state index is 12.4. The largest absolute Gasteiger partial charge is 0.481 e. The van der Waals surface area contributed by atoms with Gasteiger partial charge in [0.25, 0.3) is 0 Å². The second-order valence-corrected chi connectivity index (χ2v) is 6.59. The quantitative estimate of drug-likeness (QED) is 0.831. The van der Waals surface area contributed by atoms with E-state index in [1.807, 2.05) is 6.92 Å². The number of aliphatic carboxylic acids is 1. The van der Waals surface area contributed by atoms with Crippen LogP contribution in [0.3, 0.4) is 0 Å². The fourth-order valence-electron chi connectivity index (χ4n) is 2.86. The SMILES string of the molecule is CCC1C[C@H](C(=O)Nc2cccc(Cl)c2Br)[C@H](C(=O)O)C1. The summed E-state index contributed by atoms with van der Waals surface area (Å²) in [5, 5.41) is 12.6. The molecule has 0 spiro atoms. The van der Waals surface area contributed by atoms with Gasteiger partial charge in [-0.15, -0.1) is 0 Å². The van der Waals surface area contributed by atoms with E-state index < -0.39 is 17.8 Å². The van der Waals surface area contributed by atoms with Crippen LogP contribution in [0.15, 0.2) is 22.7 Å². The van der Waals surface area contributed by atoms with Crippen LogP contribution in [-0.4, -0.2) is 17.0 Å². The molecule has 1 aliphatic rings. The first-order valence-electron chi connectivity index (χ1n) is 6.91. The summed E-state index contributed by atoms with van der Waals surface area (Å²) in [5.74, 6) is -1.94. The van der Waals surface area contributed by atoms with Crippen molar-refractivity contribution in [3.05, 3.63) is 27.7 Å². The predicted octanol–water partition coefficient (Wildman–Crippen LogP) is 4.18. The number of rotatable bonds is 4. The standard InChI is InChI=1S/C15H17BrClNO3/c1-2-8-6-9(10(7-8)15(20)21)14(19)18-12-5-3-4-11(17)13(12)16/h3-5,8-10H,2,6-7H2,1H3,(H,18,19)(H,20,21)/t8?,9-,10+/m0/s1. The Labute approximate surface area is 137 Å². The molecule has 1 aromatic carbocycles. The van der Waals surface area contributed by atoms with Gasteiger partial charge in [-0.05, 0) is 46.8 Å². The van der Waals surface area contributed by atoms with Gasteiger partial charge in [-0.1, -0.05) is 31.0 Å². The molecule has 0 aliphatic heterocycles. The number of hydrogen-bond acceptors (Lipinski definition) is 2. The predicted molar refractivity (Wildman–Crippen MR) is 85.4 cm³/mol. The molecule has 1 aromatic rings. The lowest BCUT2D eigenvalue weighted by molar-refractivity contribution is -0.145. The Morgan fingerprint density at radius 3 is 2.67 bits per heavy atom. The first kappa shape index (κ1) is 16.3. The minimum absolute atomic E-state index is 0.249. The third-order valence-electron chi connectivity index (χ3n) is 4.10. The van der Waals surface area contributed by atoms with Crippen molar-refractivity contribution in [3.8, 4) is 0 Å². The maximum Gasteiger partial charge on any atom is 0.307 e. The van der Waals surface area contributed by atoms with Crippen molar-refractivity contribution < 1.29 is 14.7 Å². The molecule has 2 N–H and O–H groups in total. The number of benzene rings is 1. The van der Waals surface area contributed by atoms with Crippen LogP contribution in [0.25, 0.3) is 0 Å². The van der Waals surface area contributed by atoms with Gasteiger partial charge in [0.15, 0.2) is 0 Å². The third-order valence-corrected chi connectivity index (χ3v) is 5.50. The average Bonchev–Trinajstić information content (AvgIpc) is 2.88. The number of halogens is 2. The highest BCUT2D eigenvalue weighted by Gasteiger charge is 2.42. The van der Waals surface area contributed by atoms with Crippen molar-refractivity contribution in [2.45, 2.75) is 26.2 Å². The van der Waals surface area contributed by atoms with E-state index in [2.05, 4.69) is 21.2 Å². The fraction of sp³-hybridized carbons (Fsp3) is 0.467. The van der Waals surface area contributed by atoms with Crippen LogP contribution in [0.4, 0.5) is 5.69 Å². The molecule has 0 saturated heterocycles. The first-order chi connectivity index (χ1) is 9.93. The molecule has 21 heavy (non-hydrogen) atoms. The zero-order valence-electron chi connectivity index (χ0n) is 11.6. The number of amides is 1. The monoisotopic (exact) mass is 373 g/mol. The molecule has 1 fully saturated rings. The molecule has 114 valence electrons. The van der Waals surface area contributed by atoms with Crippen molar-refractivity contribution in [1.82, 2.24) is 0 Å². The highest BCUT2D eigenvalue weighted by atomic mass is 79.9. The van der Waals surface area contributed by atoms with E-state index in [-0.39, 0.29) is 5.91 Å². The van der Waals surface area contributed by atoms with Gasteiger partial charge < -0.3 is 10.4 Å². The van der Waals surface area contributed by atoms with E-state index in [0.717, 1.165) is 6.42 Å². The normalized spacial score (nSPS) is 24.8. The number of hydrogen-bond donors (Lipinski definition) is 2. The molecule has 4 nitrogen and oxygen atoms in total. The Morgan fingerprint density at radius 2 is 2.05 bits per heavy atom. The maximum atomic E-state index is 12.4. The fourth-order valence-corrected chi connectivity index (χ4v) is 3.40. The van der Waals surface area contributed by atoms with Crippen molar-refractivity contribution in [1.29, 1.82) is 0 Å². The molecule has 6 heteroatoms. The van der Waals surface area contributed by atoms with Crippen LogP contribution >= 0.6 is 27.5 Å². The molecular formula is C15H17BrClNO3. The molecule has 1 amide bonds. The number of carboxylic acid groups (broad SMARTS) is 1. The lowest BCUT2D eigenvalue weighted by Gasteiger charge is -2.16. The van der Waals surface area contributed by atoms with E-state index in [4.69, 9.17) is 11.6 Å². The number of carbonyl (C=O) groups is 2.